The first-order chi connectivity index (χ1) is 24.2. The summed E-state index contributed by atoms with van der Waals surface area (Å²) in [7, 11) is 0. The van der Waals surface area contributed by atoms with Crippen LogP contribution in [0.15, 0.2) is 12.2 Å². The van der Waals surface area contributed by atoms with Crippen molar-refractivity contribution in [2.75, 3.05) is 13.2 Å². The minimum absolute atomic E-state index is 0.0419. The van der Waals surface area contributed by atoms with Crippen LogP contribution in [0.2, 0.25) is 0 Å². The predicted molar refractivity (Wildman–Crippen MR) is 198 cm³/mol. The minimum Gasteiger partial charge on any atom is -0.462 e. The summed E-state index contributed by atoms with van der Waals surface area (Å²) in [6, 6.07) is 0. The summed E-state index contributed by atoms with van der Waals surface area (Å²) in [6.45, 7) is 3.72. The molecule has 0 amide bonds. The normalized spacial score (nSPS) is 20.3. The van der Waals surface area contributed by atoms with Crippen LogP contribution in [0.4, 0.5) is 0 Å². The monoisotopic (exact) mass is 711 g/mol. The Kier molecular flexibility index (Phi) is 28.4. The fourth-order valence-electron chi connectivity index (χ4n) is 6.84. The van der Waals surface area contributed by atoms with Gasteiger partial charge in [0.2, 0.25) is 0 Å². The average Bonchev–Trinajstić information content (AvgIpc) is 3.36. The van der Waals surface area contributed by atoms with Crippen molar-refractivity contribution >= 4 is 17.7 Å². The van der Waals surface area contributed by atoms with E-state index >= 15 is 0 Å². The van der Waals surface area contributed by atoms with E-state index < -0.39 is 48.9 Å². The summed E-state index contributed by atoms with van der Waals surface area (Å²) < 4.78 is 10.5. The maximum Gasteiger partial charge on any atom is 0.306 e. The fourth-order valence-corrected chi connectivity index (χ4v) is 6.84. The molecule has 50 heavy (non-hydrogen) atoms. The van der Waals surface area contributed by atoms with E-state index in [1.54, 1.807) is 12.2 Å². The van der Waals surface area contributed by atoms with Gasteiger partial charge in [-0.15, -0.1) is 0 Å². The molecule has 0 saturated heterocycles. The van der Waals surface area contributed by atoms with Gasteiger partial charge < -0.3 is 29.9 Å². The number of ketones is 1. The topological polar surface area (TPSA) is 151 Å². The summed E-state index contributed by atoms with van der Waals surface area (Å²) in [4.78, 5) is 37.1. The van der Waals surface area contributed by atoms with Crippen LogP contribution in [0.1, 0.15) is 181 Å². The second-order valence-electron chi connectivity index (χ2n) is 14.7. The van der Waals surface area contributed by atoms with Crippen molar-refractivity contribution in [3.8, 4) is 0 Å². The van der Waals surface area contributed by atoms with Gasteiger partial charge >= 0.3 is 11.9 Å². The molecule has 0 aliphatic heterocycles. The number of ether oxygens (including phenoxy) is 2. The van der Waals surface area contributed by atoms with E-state index in [-0.39, 0.29) is 50.4 Å². The van der Waals surface area contributed by atoms with Gasteiger partial charge in [-0.2, -0.15) is 0 Å². The van der Waals surface area contributed by atoms with Crippen LogP contribution in [-0.2, 0) is 23.9 Å². The van der Waals surface area contributed by atoms with Crippen molar-refractivity contribution in [2.24, 2.45) is 11.8 Å². The number of aliphatic hydroxyl groups excluding tert-OH is 4. The van der Waals surface area contributed by atoms with Crippen LogP contribution in [0, 0.1) is 11.8 Å². The average molecular weight is 711 g/mol. The van der Waals surface area contributed by atoms with Crippen molar-refractivity contribution in [1.29, 1.82) is 0 Å². The quantitative estimate of drug-likeness (QED) is 0.0301. The Morgan fingerprint density at radius 1 is 0.680 bits per heavy atom. The Bertz CT molecular complexity index is 891. The third-order valence-electron chi connectivity index (χ3n) is 10.0. The molecule has 0 unspecified atom stereocenters. The lowest BCUT2D eigenvalue weighted by Crippen LogP contribution is -2.28. The molecule has 0 spiro atoms. The van der Waals surface area contributed by atoms with E-state index in [2.05, 4.69) is 13.8 Å². The van der Waals surface area contributed by atoms with E-state index in [0.29, 0.717) is 19.3 Å². The van der Waals surface area contributed by atoms with Gasteiger partial charge in [0, 0.05) is 43.9 Å². The highest BCUT2D eigenvalue weighted by Crippen LogP contribution is 2.36. The van der Waals surface area contributed by atoms with Gasteiger partial charge in [-0.05, 0) is 25.7 Å². The zero-order valence-corrected chi connectivity index (χ0v) is 31.7. The Balaban J connectivity index is 2.12. The van der Waals surface area contributed by atoms with Gasteiger partial charge in [-0.25, -0.2) is 0 Å². The van der Waals surface area contributed by atoms with E-state index in [1.807, 2.05) is 0 Å². The van der Waals surface area contributed by atoms with Crippen molar-refractivity contribution in [1.82, 2.24) is 0 Å². The Hall–Kier alpha value is -1.81. The molecule has 0 aromatic rings. The molecule has 292 valence electrons. The number of rotatable bonds is 33. The van der Waals surface area contributed by atoms with Crippen LogP contribution in [0.5, 0.6) is 0 Å². The number of carbonyl (C=O) groups excluding carboxylic acids is 3. The van der Waals surface area contributed by atoms with Crippen molar-refractivity contribution in [3.05, 3.63) is 12.2 Å². The molecular weight excluding hydrogens is 636 g/mol. The Labute approximate surface area is 304 Å². The van der Waals surface area contributed by atoms with Crippen LogP contribution in [0.3, 0.4) is 0 Å². The number of hydrogen-bond donors (Lipinski definition) is 4. The van der Waals surface area contributed by atoms with E-state index in [0.717, 1.165) is 38.5 Å². The summed E-state index contributed by atoms with van der Waals surface area (Å²) in [5.74, 6) is -1.71. The molecule has 1 aliphatic rings. The molecule has 9 heteroatoms. The number of esters is 2. The van der Waals surface area contributed by atoms with Gasteiger partial charge in [-0.1, -0.05) is 135 Å². The summed E-state index contributed by atoms with van der Waals surface area (Å²) >= 11 is 0. The van der Waals surface area contributed by atoms with Gasteiger partial charge in [0.05, 0.1) is 24.9 Å². The van der Waals surface area contributed by atoms with E-state index in [1.165, 1.54) is 77.0 Å². The maximum absolute atomic E-state index is 12.7. The lowest BCUT2D eigenvalue weighted by Gasteiger charge is -2.20. The van der Waals surface area contributed by atoms with Crippen molar-refractivity contribution in [2.45, 2.75) is 205 Å². The van der Waals surface area contributed by atoms with E-state index in [9.17, 15) is 34.8 Å². The van der Waals surface area contributed by atoms with Crippen molar-refractivity contribution in [3.63, 3.8) is 0 Å². The third kappa shape index (κ3) is 23.6. The highest BCUT2D eigenvalue weighted by atomic mass is 16.6. The molecule has 4 N–H and O–H groups in total. The van der Waals surface area contributed by atoms with Gasteiger partial charge in [0.15, 0.2) is 6.10 Å². The lowest BCUT2D eigenvalue weighted by molar-refractivity contribution is -0.161. The zero-order chi connectivity index (χ0) is 36.8. The third-order valence-corrected chi connectivity index (χ3v) is 10.0. The van der Waals surface area contributed by atoms with Crippen LogP contribution < -0.4 is 0 Å². The fraction of sp³-hybridized carbons (Fsp3) is 0.878. The second kappa shape index (κ2) is 30.8. The molecule has 1 aliphatic carbocycles. The van der Waals surface area contributed by atoms with Gasteiger partial charge in [0.25, 0.3) is 0 Å². The molecular formula is C41H74O9. The molecule has 1 fully saturated rings. The molecule has 0 radical (unpaired) electrons. The number of carbonyl (C=O) groups is 3. The minimum atomic E-state index is -0.892. The zero-order valence-electron chi connectivity index (χ0n) is 31.7. The van der Waals surface area contributed by atoms with Gasteiger partial charge in [0.1, 0.15) is 12.4 Å². The molecule has 0 aromatic carbocycles. The predicted octanol–water partition coefficient (Wildman–Crippen LogP) is 8.07. The number of unbranched alkanes of at least 4 members (excludes halogenated alkanes) is 17. The first-order valence-electron chi connectivity index (χ1n) is 20.4. The summed E-state index contributed by atoms with van der Waals surface area (Å²) in [5, 5.41) is 40.7. The summed E-state index contributed by atoms with van der Waals surface area (Å²) in [5.41, 5.74) is 0. The Morgan fingerprint density at radius 2 is 1.18 bits per heavy atom. The number of hydrogen-bond acceptors (Lipinski definition) is 9. The molecule has 0 heterocycles. The smallest absolute Gasteiger partial charge is 0.306 e. The molecule has 1 saturated carbocycles. The molecule has 9 nitrogen and oxygen atoms in total. The van der Waals surface area contributed by atoms with Crippen LogP contribution in [-0.4, -0.2) is 75.8 Å². The number of Topliss-reactive ketones (excluding diaryl/α,β-unsaturated/α-hetero) is 1. The second-order valence-corrected chi connectivity index (χ2v) is 14.7. The SMILES string of the molecule is CCCCCCCCCCCCCCCCCC(=O)O[C@@H](CO)COC(=O)CCCCC(=O)C[C@@H]1[C@@H](/C=C/[C@@H](O)CCCCC)[C@H](O)C[C@@H]1O. The maximum atomic E-state index is 12.7. The standard InChI is InChI=1S/C41H74O9/c1-3-5-7-8-9-10-11-12-13-14-15-16-17-18-20-26-41(48)50-35(31-42)32-49-40(47)25-22-21-24-34(44)29-37-36(38(45)30-39(37)46)28-27-33(43)23-19-6-4-2/h27-28,33,35-39,42-43,45-46H,3-26,29-32H2,1-2H3/b28-27+/t33-,35-,36+,37+,38+,39-/m0/s1. The first-order valence-corrected chi connectivity index (χ1v) is 20.4. The highest BCUT2D eigenvalue weighted by Gasteiger charge is 2.41. The Morgan fingerprint density at radius 3 is 1.76 bits per heavy atom. The summed E-state index contributed by atoms with van der Waals surface area (Å²) in [6.07, 6.45) is 24.7. The molecule has 1 rings (SSSR count). The van der Waals surface area contributed by atoms with Crippen LogP contribution >= 0.6 is 0 Å². The molecule has 0 aromatic heterocycles. The molecule has 0 bridgehead atoms. The van der Waals surface area contributed by atoms with Crippen LogP contribution in [0.25, 0.3) is 0 Å². The van der Waals surface area contributed by atoms with E-state index in [4.69, 9.17) is 9.47 Å². The first kappa shape index (κ1) is 46.2. The number of aliphatic hydroxyl groups is 4. The largest absolute Gasteiger partial charge is 0.462 e. The molecule has 6 atom stereocenters. The highest BCUT2D eigenvalue weighted by molar-refractivity contribution is 5.79. The lowest BCUT2D eigenvalue weighted by atomic mass is 9.87. The van der Waals surface area contributed by atoms with Crippen molar-refractivity contribution < 1.29 is 44.3 Å². The van der Waals surface area contributed by atoms with Gasteiger partial charge in [-0.3, -0.25) is 14.4 Å².